The maximum Gasteiger partial charge on any atom is 0.339 e. The van der Waals surface area contributed by atoms with Gasteiger partial charge in [0.1, 0.15) is 13.2 Å². The van der Waals surface area contributed by atoms with Gasteiger partial charge in [-0.05, 0) is 18.2 Å². The number of carbonyl (C=O) groups is 2. The predicted molar refractivity (Wildman–Crippen MR) is 77.4 cm³/mol. The van der Waals surface area contributed by atoms with Crippen molar-refractivity contribution in [1.82, 2.24) is 0 Å². The van der Waals surface area contributed by atoms with E-state index in [-0.39, 0.29) is 11.3 Å². The minimum atomic E-state index is -0.670. The number of esters is 1. The minimum absolute atomic E-state index is 0.201. The summed E-state index contributed by atoms with van der Waals surface area (Å²) < 4.78 is 16.3. The van der Waals surface area contributed by atoms with Crippen molar-refractivity contribution in [3.05, 3.63) is 59.1 Å². The molecule has 0 unspecified atom stereocenters. The van der Waals surface area contributed by atoms with Crippen molar-refractivity contribution in [2.24, 2.45) is 0 Å². The molecule has 7 nitrogen and oxygen atoms in total. The lowest BCUT2D eigenvalue weighted by atomic mass is 10.1. The van der Waals surface area contributed by atoms with Crippen LogP contribution in [0.1, 0.15) is 20.7 Å². The number of carbonyl (C=O) groups excluding carboxylic acids is 2. The molecule has 1 aliphatic rings. The van der Waals surface area contributed by atoms with E-state index in [1.807, 2.05) is 0 Å². The van der Waals surface area contributed by atoms with Crippen LogP contribution in [-0.2, 0) is 4.74 Å². The lowest BCUT2D eigenvalue weighted by molar-refractivity contribution is -0.605. The van der Waals surface area contributed by atoms with E-state index >= 15 is 0 Å². The molecule has 1 aromatic heterocycles. The number of hydrogen-bond acceptors (Lipinski definition) is 6. The molecule has 0 bridgehead atoms. The SMILES string of the molecule is O=C(COC(=O)c1cc[n+]([O-])cc1)c1ccc2c(c1)OCCO2. The standard InChI is InChI=1S/C16H13NO6/c18-13(10-23-16(19)11-3-5-17(20)6-4-11)12-1-2-14-15(9-12)22-8-7-21-14/h1-6,9H,7-8,10H2. The van der Waals surface area contributed by atoms with Crippen LogP contribution < -0.4 is 14.2 Å². The summed E-state index contributed by atoms with van der Waals surface area (Å²) in [6, 6.07) is 7.45. The lowest BCUT2D eigenvalue weighted by Gasteiger charge is -2.18. The zero-order valence-electron chi connectivity index (χ0n) is 12.1. The van der Waals surface area contributed by atoms with Gasteiger partial charge in [-0.2, -0.15) is 4.73 Å². The molecule has 118 valence electrons. The molecule has 0 amide bonds. The van der Waals surface area contributed by atoms with Crippen molar-refractivity contribution in [1.29, 1.82) is 0 Å². The number of Topliss-reactive ketones (excluding diaryl/α,β-unsaturated/α-hetero) is 1. The highest BCUT2D eigenvalue weighted by atomic mass is 16.6. The first-order chi connectivity index (χ1) is 11.1. The second kappa shape index (κ2) is 6.35. The van der Waals surface area contributed by atoms with Crippen LogP contribution in [0, 0.1) is 5.21 Å². The highest BCUT2D eigenvalue weighted by molar-refractivity contribution is 5.99. The normalized spacial score (nSPS) is 12.5. The first kappa shape index (κ1) is 14.8. The molecule has 0 spiro atoms. The van der Waals surface area contributed by atoms with Crippen LogP contribution in [-0.4, -0.2) is 31.6 Å². The second-order valence-corrected chi connectivity index (χ2v) is 4.80. The third kappa shape index (κ3) is 3.39. The number of fused-ring (bicyclic) bond motifs is 1. The molecule has 2 heterocycles. The molecule has 0 radical (unpaired) electrons. The van der Waals surface area contributed by atoms with E-state index in [0.717, 1.165) is 0 Å². The summed E-state index contributed by atoms with van der Waals surface area (Å²) >= 11 is 0. The number of rotatable bonds is 4. The fourth-order valence-electron chi connectivity index (χ4n) is 2.06. The van der Waals surface area contributed by atoms with Crippen molar-refractivity contribution in [3.63, 3.8) is 0 Å². The van der Waals surface area contributed by atoms with E-state index in [4.69, 9.17) is 14.2 Å². The van der Waals surface area contributed by atoms with Gasteiger partial charge < -0.3 is 19.4 Å². The van der Waals surface area contributed by atoms with E-state index in [1.165, 1.54) is 24.5 Å². The van der Waals surface area contributed by atoms with Gasteiger partial charge in [0.25, 0.3) is 0 Å². The van der Waals surface area contributed by atoms with Gasteiger partial charge in [-0.1, -0.05) is 0 Å². The molecule has 23 heavy (non-hydrogen) atoms. The van der Waals surface area contributed by atoms with Crippen molar-refractivity contribution in [3.8, 4) is 11.5 Å². The summed E-state index contributed by atoms with van der Waals surface area (Å²) in [5, 5.41) is 10.9. The van der Waals surface area contributed by atoms with Crippen LogP contribution in [0.4, 0.5) is 0 Å². The Kier molecular flexibility index (Phi) is 4.09. The zero-order valence-corrected chi connectivity index (χ0v) is 12.1. The molecule has 2 aromatic rings. The van der Waals surface area contributed by atoms with Gasteiger partial charge in [-0.3, -0.25) is 4.79 Å². The Hall–Kier alpha value is -3.09. The average Bonchev–Trinajstić information content (AvgIpc) is 2.59. The molecule has 0 aliphatic carbocycles. The first-order valence-corrected chi connectivity index (χ1v) is 6.92. The van der Waals surface area contributed by atoms with Gasteiger partial charge >= 0.3 is 5.97 Å². The van der Waals surface area contributed by atoms with Crippen LogP contribution in [0.3, 0.4) is 0 Å². The van der Waals surface area contributed by atoms with Crippen LogP contribution in [0.5, 0.6) is 11.5 Å². The second-order valence-electron chi connectivity index (χ2n) is 4.80. The largest absolute Gasteiger partial charge is 0.619 e. The maximum absolute atomic E-state index is 12.1. The molecule has 1 aromatic carbocycles. The van der Waals surface area contributed by atoms with Gasteiger partial charge in [0.2, 0.25) is 0 Å². The highest BCUT2D eigenvalue weighted by Gasteiger charge is 2.17. The summed E-state index contributed by atoms with van der Waals surface area (Å²) in [5.74, 6) is 0.0538. The Labute approximate surface area is 131 Å². The van der Waals surface area contributed by atoms with Gasteiger partial charge in [0, 0.05) is 17.7 Å². The Morgan fingerprint density at radius 1 is 1.04 bits per heavy atom. The van der Waals surface area contributed by atoms with E-state index < -0.39 is 12.6 Å². The van der Waals surface area contributed by atoms with Crippen LogP contribution in [0.2, 0.25) is 0 Å². The minimum Gasteiger partial charge on any atom is -0.619 e. The molecule has 0 saturated carbocycles. The molecule has 7 heteroatoms. The molecule has 0 fully saturated rings. The molecule has 0 atom stereocenters. The molecule has 0 saturated heterocycles. The number of nitrogens with zero attached hydrogens (tertiary/aromatic N) is 1. The average molecular weight is 315 g/mol. The number of aromatic nitrogens is 1. The Morgan fingerprint density at radius 3 is 2.48 bits per heavy atom. The highest BCUT2D eigenvalue weighted by Crippen LogP contribution is 2.30. The predicted octanol–water partition coefficient (Wildman–Crippen LogP) is 1.13. The maximum atomic E-state index is 12.1. The van der Waals surface area contributed by atoms with Gasteiger partial charge in [-0.15, -0.1) is 0 Å². The third-order valence-corrected chi connectivity index (χ3v) is 3.24. The third-order valence-electron chi connectivity index (χ3n) is 3.24. The fraction of sp³-hybridized carbons (Fsp3) is 0.188. The topological polar surface area (TPSA) is 88.8 Å². The van der Waals surface area contributed by atoms with Gasteiger partial charge in [0.05, 0.1) is 5.56 Å². The smallest absolute Gasteiger partial charge is 0.339 e. The molecule has 3 rings (SSSR count). The lowest BCUT2D eigenvalue weighted by Crippen LogP contribution is -2.24. The summed E-state index contributed by atoms with van der Waals surface area (Å²) in [6.07, 6.45) is 2.36. The summed E-state index contributed by atoms with van der Waals surface area (Å²) in [5.41, 5.74) is 0.569. The van der Waals surface area contributed by atoms with Crippen molar-refractivity contribution < 1.29 is 28.5 Å². The number of pyridine rings is 1. The molecule has 0 N–H and O–H groups in total. The Balaban J connectivity index is 1.63. The van der Waals surface area contributed by atoms with Crippen LogP contribution in [0.15, 0.2) is 42.7 Å². The van der Waals surface area contributed by atoms with E-state index in [2.05, 4.69) is 0 Å². The number of hydrogen-bond donors (Lipinski definition) is 0. The van der Waals surface area contributed by atoms with E-state index in [0.29, 0.717) is 35.0 Å². The fourth-order valence-corrected chi connectivity index (χ4v) is 2.06. The van der Waals surface area contributed by atoms with Crippen molar-refractivity contribution in [2.75, 3.05) is 19.8 Å². The Bertz CT molecular complexity index is 741. The molecular formula is C16H13NO6. The van der Waals surface area contributed by atoms with Gasteiger partial charge in [-0.25, -0.2) is 4.79 Å². The quantitative estimate of drug-likeness (QED) is 0.364. The molecular weight excluding hydrogens is 302 g/mol. The number of ether oxygens (including phenoxy) is 3. The first-order valence-electron chi connectivity index (χ1n) is 6.92. The summed E-state index contributed by atoms with van der Waals surface area (Å²) in [4.78, 5) is 23.9. The van der Waals surface area contributed by atoms with Crippen molar-refractivity contribution in [2.45, 2.75) is 0 Å². The van der Waals surface area contributed by atoms with Gasteiger partial charge in [0.15, 0.2) is 36.3 Å². The van der Waals surface area contributed by atoms with E-state index in [1.54, 1.807) is 18.2 Å². The van der Waals surface area contributed by atoms with Crippen LogP contribution >= 0.6 is 0 Å². The number of ketones is 1. The van der Waals surface area contributed by atoms with Crippen molar-refractivity contribution >= 4 is 11.8 Å². The molecule has 1 aliphatic heterocycles. The summed E-state index contributed by atoms with van der Waals surface area (Å²) in [6.45, 7) is 0.496. The zero-order chi connectivity index (χ0) is 16.2. The number of benzene rings is 1. The Morgan fingerprint density at radius 2 is 1.74 bits per heavy atom. The van der Waals surface area contributed by atoms with Crippen LogP contribution in [0.25, 0.3) is 0 Å². The monoisotopic (exact) mass is 315 g/mol. The summed E-state index contributed by atoms with van der Waals surface area (Å²) in [7, 11) is 0. The van der Waals surface area contributed by atoms with E-state index in [9.17, 15) is 14.8 Å².